The van der Waals surface area contributed by atoms with Crippen LogP contribution in [0.5, 0.6) is 11.5 Å². The molecule has 1 N–H and O–H groups in total. The predicted octanol–water partition coefficient (Wildman–Crippen LogP) is 2.87. The van der Waals surface area contributed by atoms with Crippen LogP contribution in [0.1, 0.15) is 12.5 Å². The number of ether oxygens (including phenoxy) is 2. The number of thioether (sulfide) groups is 1. The van der Waals surface area contributed by atoms with E-state index in [4.69, 9.17) is 32.6 Å². The number of benzene rings is 1. The summed E-state index contributed by atoms with van der Waals surface area (Å²) in [7, 11) is 0. The van der Waals surface area contributed by atoms with Gasteiger partial charge in [0.1, 0.15) is 13.2 Å². The second-order valence-electron chi connectivity index (χ2n) is 4.92. The van der Waals surface area contributed by atoms with E-state index in [0.29, 0.717) is 34.6 Å². The summed E-state index contributed by atoms with van der Waals surface area (Å²) < 4.78 is 10.9. The highest BCUT2D eigenvalue weighted by atomic mass is 35.5. The quantitative estimate of drug-likeness (QED) is 0.560. The van der Waals surface area contributed by atoms with Gasteiger partial charge in [-0.15, -0.1) is 6.42 Å². The first-order valence-electron chi connectivity index (χ1n) is 7.37. The highest BCUT2D eigenvalue weighted by Crippen LogP contribution is 2.39. The molecule has 1 aliphatic heterocycles. The Hall–Kier alpha value is -2.63. The standard InChI is InChI=1S/C17H14ClNO6S/c1-3-5-25-15-11(18)6-10(7-12(15)24-4-2)8-13-16(22)19(9-14(20)21)17(23)26-13/h1,6-8H,4-5,9H2,2H3,(H,20,21)/b13-8+. The minimum atomic E-state index is -1.27. The molecule has 0 radical (unpaired) electrons. The molecule has 2 amide bonds. The van der Waals surface area contributed by atoms with Crippen molar-refractivity contribution in [1.29, 1.82) is 0 Å². The molecule has 1 heterocycles. The molecule has 0 aromatic heterocycles. The summed E-state index contributed by atoms with van der Waals surface area (Å²) >= 11 is 6.86. The Bertz CT molecular complexity index is 829. The van der Waals surface area contributed by atoms with Gasteiger partial charge in [-0.25, -0.2) is 0 Å². The van der Waals surface area contributed by atoms with Crippen molar-refractivity contribution in [3.8, 4) is 23.8 Å². The van der Waals surface area contributed by atoms with Crippen LogP contribution in [-0.4, -0.2) is 46.9 Å². The van der Waals surface area contributed by atoms with Gasteiger partial charge in [0.2, 0.25) is 0 Å². The molecule has 0 atom stereocenters. The lowest BCUT2D eigenvalue weighted by molar-refractivity contribution is -0.140. The molecule has 9 heteroatoms. The molecule has 1 aromatic rings. The lowest BCUT2D eigenvalue weighted by Crippen LogP contribution is -2.33. The average molecular weight is 396 g/mol. The fourth-order valence-corrected chi connectivity index (χ4v) is 3.22. The van der Waals surface area contributed by atoms with E-state index in [1.807, 2.05) is 0 Å². The van der Waals surface area contributed by atoms with Crippen molar-refractivity contribution in [3.63, 3.8) is 0 Å². The maximum atomic E-state index is 12.2. The summed E-state index contributed by atoms with van der Waals surface area (Å²) in [5.41, 5.74) is 0.493. The highest BCUT2D eigenvalue weighted by molar-refractivity contribution is 8.18. The number of aliphatic carboxylic acids is 1. The van der Waals surface area contributed by atoms with E-state index in [1.165, 1.54) is 12.1 Å². The zero-order chi connectivity index (χ0) is 19.3. The number of amides is 2. The number of carbonyl (C=O) groups is 3. The van der Waals surface area contributed by atoms with Gasteiger partial charge >= 0.3 is 5.97 Å². The molecule has 0 spiro atoms. The Morgan fingerprint density at radius 1 is 1.42 bits per heavy atom. The fraction of sp³-hybridized carbons (Fsp3) is 0.235. The molecule has 0 aliphatic carbocycles. The number of hydrogen-bond acceptors (Lipinski definition) is 6. The summed E-state index contributed by atoms with van der Waals surface area (Å²) in [6.07, 6.45) is 6.61. The Morgan fingerprint density at radius 2 is 2.15 bits per heavy atom. The van der Waals surface area contributed by atoms with Crippen LogP contribution in [0.2, 0.25) is 5.02 Å². The molecule has 136 valence electrons. The number of carboxylic acid groups (broad SMARTS) is 1. The number of hydrogen-bond donors (Lipinski definition) is 1. The van der Waals surface area contributed by atoms with E-state index in [0.717, 1.165) is 0 Å². The number of carbonyl (C=O) groups excluding carboxylic acids is 2. The summed E-state index contributed by atoms with van der Waals surface area (Å²) in [5, 5.41) is 8.36. The second-order valence-corrected chi connectivity index (χ2v) is 6.32. The normalized spacial score (nSPS) is 15.3. The molecule has 26 heavy (non-hydrogen) atoms. The molecule has 1 fully saturated rings. The third-order valence-electron chi connectivity index (χ3n) is 3.10. The fourth-order valence-electron chi connectivity index (χ4n) is 2.11. The van der Waals surface area contributed by atoms with Gasteiger partial charge in [0.15, 0.2) is 11.5 Å². The van der Waals surface area contributed by atoms with E-state index in [-0.39, 0.29) is 22.3 Å². The second kappa shape index (κ2) is 8.65. The Balaban J connectivity index is 2.35. The van der Waals surface area contributed by atoms with Crippen molar-refractivity contribution < 1.29 is 29.0 Å². The number of terminal acetylenes is 1. The van der Waals surface area contributed by atoms with Crippen molar-refractivity contribution in [2.24, 2.45) is 0 Å². The first-order valence-corrected chi connectivity index (χ1v) is 8.56. The topological polar surface area (TPSA) is 93.1 Å². The molecule has 1 saturated heterocycles. The minimum absolute atomic E-state index is 0.00716. The summed E-state index contributed by atoms with van der Waals surface area (Å²) in [4.78, 5) is 35.5. The largest absolute Gasteiger partial charge is 0.490 e. The number of carboxylic acids is 1. The third-order valence-corrected chi connectivity index (χ3v) is 4.28. The zero-order valence-electron chi connectivity index (χ0n) is 13.7. The predicted molar refractivity (Wildman–Crippen MR) is 97.3 cm³/mol. The van der Waals surface area contributed by atoms with Crippen molar-refractivity contribution in [2.45, 2.75) is 6.92 Å². The third kappa shape index (κ3) is 4.50. The van der Waals surface area contributed by atoms with Gasteiger partial charge in [0.25, 0.3) is 11.1 Å². The molecular formula is C17H14ClNO6S. The van der Waals surface area contributed by atoms with E-state index in [9.17, 15) is 14.4 Å². The molecular weight excluding hydrogens is 382 g/mol. The Labute approximate surface area is 158 Å². The van der Waals surface area contributed by atoms with E-state index in [1.54, 1.807) is 13.0 Å². The molecule has 0 bridgehead atoms. The van der Waals surface area contributed by atoms with Crippen LogP contribution in [0.25, 0.3) is 6.08 Å². The van der Waals surface area contributed by atoms with Crippen LogP contribution in [0.4, 0.5) is 4.79 Å². The van der Waals surface area contributed by atoms with Crippen molar-refractivity contribution in [2.75, 3.05) is 19.8 Å². The lowest BCUT2D eigenvalue weighted by Gasteiger charge is -2.13. The Morgan fingerprint density at radius 3 is 2.77 bits per heavy atom. The van der Waals surface area contributed by atoms with Crippen molar-refractivity contribution in [1.82, 2.24) is 4.90 Å². The SMILES string of the molecule is C#CCOc1c(Cl)cc(/C=C2/SC(=O)N(CC(=O)O)C2=O)cc1OCC. The van der Waals surface area contributed by atoms with Crippen LogP contribution < -0.4 is 9.47 Å². The first kappa shape index (κ1) is 19.7. The van der Waals surface area contributed by atoms with Gasteiger partial charge < -0.3 is 14.6 Å². The average Bonchev–Trinajstić information content (AvgIpc) is 2.81. The van der Waals surface area contributed by atoms with E-state index < -0.39 is 23.7 Å². The molecule has 7 nitrogen and oxygen atoms in total. The van der Waals surface area contributed by atoms with E-state index >= 15 is 0 Å². The highest BCUT2D eigenvalue weighted by Gasteiger charge is 2.36. The summed E-state index contributed by atoms with van der Waals surface area (Å²) in [6.45, 7) is 1.45. The summed E-state index contributed by atoms with van der Waals surface area (Å²) in [5.74, 6) is 1.000. The van der Waals surface area contributed by atoms with Crippen LogP contribution in [0.3, 0.4) is 0 Å². The smallest absolute Gasteiger partial charge is 0.323 e. The van der Waals surface area contributed by atoms with Gasteiger partial charge in [0.05, 0.1) is 16.5 Å². The number of nitrogens with zero attached hydrogens (tertiary/aromatic N) is 1. The van der Waals surface area contributed by atoms with Gasteiger partial charge in [-0.1, -0.05) is 17.5 Å². The van der Waals surface area contributed by atoms with Gasteiger partial charge in [-0.3, -0.25) is 19.3 Å². The zero-order valence-corrected chi connectivity index (χ0v) is 15.2. The molecule has 1 aromatic carbocycles. The molecule has 1 aliphatic rings. The van der Waals surface area contributed by atoms with Gasteiger partial charge in [-0.2, -0.15) is 0 Å². The maximum absolute atomic E-state index is 12.2. The van der Waals surface area contributed by atoms with Crippen molar-refractivity contribution in [3.05, 3.63) is 27.6 Å². The summed E-state index contributed by atoms with van der Waals surface area (Å²) in [6, 6.07) is 3.12. The number of imide groups is 1. The molecule has 0 unspecified atom stereocenters. The van der Waals surface area contributed by atoms with Crippen molar-refractivity contribution >= 4 is 46.6 Å². The van der Waals surface area contributed by atoms with Crippen LogP contribution >= 0.6 is 23.4 Å². The first-order chi connectivity index (χ1) is 12.4. The molecule has 2 rings (SSSR count). The molecule has 0 saturated carbocycles. The van der Waals surface area contributed by atoms with Gasteiger partial charge in [-0.05, 0) is 42.5 Å². The monoisotopic (exact) mass is 395 g/mol. The maximum Gasteiger partial charge on any atom is 0.323 e. The lowest BCUT2D eigenvalue weighted by atomic mass is 10.1. The minimum Gasteiger partial charge on any atom is -0.490 e. The van der Waals surface area contributed by atoms with Crippen LogP contribution in [0.15, 0.2) is 17.0 Å². The van der Waals surface area contributed by atoms with E-state index in [2.05, 4.69) is 5.92 Å². The van der Waals surface area contributed by atoms with Crippen LogP contribution in [0, 0.1) is 12.3 Å². The Kier molecular flexibility index (Phi) is 6.55. The van der Waals surface area contributed by atoms with Gasteiger partial charge in [0, 0.05) is 0 Å². The van der Waals surface area contributed by atoms with Crippen LogP contribution in [-0.2, 0) is 9.59 Å². The number of halogens is 1. The number of rotatable bonds is 7.